The maximum atomic E-state index is 12.1. The van der Waals surface area contributed by atoms with Gasteiger partial charge >= 0.3 is 0 Å². The van der Waals surface area contributed by atoms with Gasteiger partial charge in [0.25, 0.3) is 0 Å². The number of likely N-dealkylation sites (tertiary alicyclic amines) is 1. The Morgan fingerprint density at radius 1 is 1.05 bits per heavy atom. The van der Waals surface area contributed by atoms with Gasteiger partial charge in [-0.2, -0.15) is 0 Å². The molecule has 0 aromatic heterocycles. The summed E-state index contributed by atoms with van der Waals surface area (Å²) in [4.78, 5) is 14.3. The summed E-state index contributed by atoms with van der Waals surface area (Å²) < 4.78 is 0. The average molecular weight is 279 g/mol. The Kier molecular flexibility index (Phi) is 5.14. The van der Waals surface area contributed by atoms with E-state index in [1.165, 1.54) is 38.5 Å². The van der Waals surface area contributed by atoms with Crippen LogP contribution in [0.5, 0.6) is 0 Å². The van der Waals surface area contributed by atoms with Gasteiger partial charge in [-0.15, -0.1) is 0 Å². The molecule has 2 nitrogen and oxygen atoms in total. The Morgan fingerprint density at radius 2 is 1.60 bits per heavy atom. The number of amides is 1. The fourth-order valence-electron chi connectivity index (χ4n) is 4.13. The lowest BCUT2D eigenvalue weighted by Gasteiger charge is -2.46. The van der Waals surface area contributed by atoms with Crippen LogP contribution in [-0.4, -0.2) is 23.9 Å². The molecule has 1 aliphatic heterocycles. The number of carbonyl (C=O) groups excluding carboxylic acids is 1. The van der Waals surface area contributed by atoms with E-state index < -0.39 is 0 Å². The molecule has 2 aliphatic rings. The fraction of sp³-hybridized carbons (Fsp3) is 0.944. The number of carbonyl (C=O) groups is 1. The Labute approximate surface area is 125 Å². The van der Waals surface area contributed by atoms with Gasteiger partial charge in [0.1, 0.15) is 0 Å². The van der Waals surface area contributed by atoms with Gasteiger partial charge in [0.15, 0.2) is 0 Å². The highest BCUT2D eigenvalue weighted by Crippen LogP contribution is 2.47. The minimum atomic E-state index is 0.380. The fourth-order valence-corrected chi connectivity index (χ4v) is 4.13. The van der Waals surface area contributed by atoms with E-state index in [0.29, 0.717) is 17.2 Å². The second-order valence-corrected chi connectivity index (χ2v) is 8.06. The molecule has 0 aromatic carbocycles. The SMILES string of the molecule is CC(C)CC(=O)N1CCC2(CCC(C(C)C)CC2)CC1. The molecule has 2 rings (SSSR count). The van der Waals surface area contributed by atoms with Gasteiger partial charge in [-0.25, -0.2) is 0 Å². The zero-order chi connectivity index (χ0) is 14.8. The smallest absolute Gasteiger partial charge is 0.222 e. The van der Waals surface area contributed by atoms with Crippen molar-refractivity contribution >= 4 is 5.91 Å². The molecule has 2 heteroatoms. The van der Waals surface area contributed by atoms with E-state index in [1.54, 1.807) is 0 Å². The van der Waals surface area contributed by atoms with Crippen molar-refractivity contribution in [3.8, 4) is 0 Å². The zero-order valence-corrected chi connectivity index (χ0v) is 14.0. The predicted molar refractivity (Wildman–Crippen MR) is 84.5 cm³/mol. The summed E-state index contributed by atoms with van der Waals surface area (Å²) in [6, 6.07) is 0. The third-order valence-corrected chi connectivity index (χ3v) is 5.79. The van der Waals surface area contributed by atoms with Crippen LogP contribution in [0.2, 0.25) is 0 Å². The van der Waals surface area contributed by atoms with Crippen LogP contribution in [0.4, 0.5) is 0 Å². The topological polar surface area (TPSA) is 20.3 Å². The van der Waals surface area contributed by atoms with Crippen molar-refractivity contribution in [3.05, 3.63) is 0 Å². The first-order valence-electron chi connectivity index (χ1n) is 8.70. The molecule has 0 bridgehead atoms. The van der Waals surface area contributed by atoms with Crippen LogP contribution in [0, 0.1) is 23.2 Å². The molecule has 0 unspecified atom stereocenters. The summed E-state index contributed by atoms with van der Waals surface area (Å²) in [5, 5.41) is 0. The van der Waals surface area contributed by atoms with Crippen molar-refractivity contribution in [2.24, 2.45) is 23.2 Å². The van der Waals surface area contributed by atoms with Crippen molar-refractivity contribution in [1.82, 2.24) is 4.90 Å². The summed E-state index contributed by atoms with van der Waals surface area (Å²) in [7, 11) is 0. The quantitative estimate of drug-likeness (QED) is 0.745. The van der Waals surface area contributed by atoms with Gasteiger partial charge in [-0.3, -0.25) is 4.79 Å². The summed E-state index contributed by atoms with van der Waals surface area (Å²) in [5.41, 5.74) is 0.583. The normalized spacial score (nSPS) is 23.8. The maximum Gasteiger partial charge on any atom is 0.222 e. The molecule has 0 N–H and O–H groups in total. The first kappa shape index (κ1) is 15.9. The Bertz CT molecular complexity index is 316. The summed E-state index contributed by atoms with van der Waals surface area (Å²) in [6.07, 6.45) is 8.87. The first-order valence-corrected chi connectivity index (χ1v) is 8.70. The van der Waals surface area contributed by atoms with Gasteiger partial charge in [0.2, 0.25) is 5.91 Å². The standard InChI is InChI=1S/C18H33NO/c1-14(2)13-17(20)19-11-9-18(10-12-19)7-5-16(6-8-18)15(3)4/h14-16H,5-13H2,1-4H3. The number of rotatable bonds is 3. The number of hydrogen-bond donors (Lipinski definition) is 0. The van der Waals surface area contributed by atoms with E-state index in [1.807, 2.05) is 0 Å². The molecular weight excluding hydrogens is 246 g/mol. The van der Waals surface area contributed by atoms with Crippen LogP contribution in [0.15, 0.2) is 0 Å². The molecule has 1 spiro atoms. The predicted octanol–water partition coefficient (Wildman–Crippen LogP) is 4.49. The lowest BCUT2D eigenvalue weighted by molar-refractivity contribution is -0.134. The van der Waals surface area contributed by atoms with Crippen LogP contribution < -0.4 is 0 Å². The van der Waals surface area contributed by atoms with Crippen LogP contribution in [0.25, 0.3) is 0 Å². The Balaban J connectivity index is 1.81. The molecule has 0 atom stereocenters. The molecule has 1 heterocycles. The Morgan fingerprint density at radius 3 is 2.05 bits per heavy atom. The van der Waals surface area contributed by atoms with E-state index in [-0.39, 0.29) is 0 Å². The largest absolute Gasteiger partial charge is 0.343 e. The number of nitrogens with zero attached hydrogens (tertiary/aromatic N) is 1. The lowest BCUT2D eigenvalue weighted by atomic mass is 9.64. The van der Waals surface area contributed by atoms with E-state index in [9.17, 15) is 4.79 Å². The highest BCUT2D eigenvalue weighted by molar-refractivity contribution is 5.76. The molecule has 20 heavy (non-hydrogen) atoms. The number of piperidine rings is 1. The molecule has 2 fully saturated rings. The van der Waals surface area contributed by atoms with Crippen LogP contribution in [0.1, 0.15) is 72.6 Å². The van der Waals surface area contributed by atoms with E-state index in [4.69, 9.17) is 0 Å². The highest BCUT2D eigenvalue weighted by Gasteiger charge is 2.39. The second-order valence-electron chi connectivity index (χ2n) is 8.06. The zero-order valence-electron chi connectivity index (χ0n) is 14.0. The van der Waals surface area contributed by atoms with Crippen LogP contribution >= 0.6 is 0 Å². The maximum absolute atomic E-state index is 12.1. The first-order chi connectivity index (χ1) is 9.42. The molecular formula is C18H33NO. The molecule has 1 saturated carbocycles. The van der Waals surface area contributed by atoms with E-state index >= 15 is 0 Å². The van der Waals surface area contributed by atoms with Gasteiger partial charge in [0.05, 0.1) is 0 Å². The lowest BCUT2D eigenvalue weighted by Crippen LogP contribution is -2.45. The minimum Gasteiger partial charge on any atom is -0.343 e. The van der Waals surface area contributed by atoms with Crippen LogP contribution in [-0.2, 0) is 4.79 Å². The third-order valence-electron chi connectivity index (χ3n) is 5.79. The summed E-state index contributed by atoms with van der Waals surface area (Å²) >= 11 is 0. The monoisotopic (exact) mass is 279 g/mol. The van der Waals surface area contributed by atoms with Gasteiger partial charge in [-0.05, 0) is 61.7 Å². The highest BCUT2D eigenvalue weighted by atomic mass is 16.2. The molecule has 1 amide bonds. The second kappa shape index (κ2) is 6.49. The van der Waals surface area contributed by atoms with Crippen molar-refractivity contribution in [3.63, 3.8) is 0 Å². The van der Waals surface area contributed by atoms with Crippen molar-refractivity contribution in [1.29, 1.82) is 0 Å². The summed E-state index contributed by atoms with van der Waals surface area (Å²) in [6.45, 7) is 11.0. The molecule has 0 radical (unpaired) electrons. The van der Waals surface area contributed by atoms with Crippen molar-refractivity contribution < 1.29 is 4.79 Å². The van der Waals surface area contributed by atoms with E-state index in [2.05, 4.69) is 32.6 Å². The van der Waals surface area contributed by atoms with E-state index in [0.717, 1.165) is 31.3 Å². The molecule has 0 aromatic rings. The van der Waals surface area contributed by atoms with Crippen molar-refractivity contribution in [2.75, 3.05) is 13.1 Å². The average Bonchev–Trinajstić information content (AvgIpc) is 2.39. The Hall–Kier alpha value is -0.530. The number of hydrogen-bond acceptors (Lipinski definition) is 1. The molecule has 1 saturated heterocycles. The van der Waals surface area contributed by atoms with Crippen LogP contribution in [0.3, 0.4) is 0 Å². The van der Waals surface area contributed by atoms with Crippen molar-refractivity contribution in [2.45, 2.75) is 72.6 Å². The third kappa shape index (κ3) is 3.77. The summed E-state index contributed by atoms with van der Waals surface area (Å²) in [5.74, 6) is 2.66. The molecule has 116 valence electrons. The van der Waals surface area contributed by atoms with Gasteiger partial charge in [0, 0.05) is 19.5 Å². The molecule has 1 aliphatic carbocycles. The van der Waals surface area contributed by atoms with Gasteiger partial charge in [-0.1, -0.05) is 27.7 Å². The minimum absolute atomic E-state index is 0.380. The van der Waals surface area contributed by atoms with Gasteiger partial charge < -0.3 is 4.90 Å².